The van der Waals surface area contributed by atoms with E-state index in [0.29, 0.717) is 17.7 Å². The van der Waals surface area contributed by atoms with Gasteiger partial charge in [-0.05, 0) is 31.2 Å². The van der Waals surface area contributed by atoms with Crippen molar-refractivity contribution >= 4 is 39.8 Å². The SMILES string of the molecule is C/C(=N\O)c1ccc2c(c1)nc(Nc1nc3ccccc3o1)n2C. The van der Waals surface area contributed by atoms with Crippen molar-refractivity contribution in [2.75, 3.05) is 5.32 Å². The number of aromatic nitrogens is 3. The highest BCUT2D eigenvalue weighted by molar-refractivity contribution is 6.01. The third-order valence-electron chi connectivity index (χ3n) is 3.96. The van der Waals surface area contributed by atoms with Gasteiger partial charge in [-0.25, -0.2) is 4.98 Å². The minimum absolute atomic E-state index is 0.392. The van der Waals surface area contributed by atoms with Crippen LogP contribution in [0, 0.1) is 0 Å². The van der Waals surface area contributed by atoms with Crippen molar-refractivity contribution in [3.8, 4) is 0 Å². The summed E-state index contributed by atoms with van der Waals surface area (Å²) in [7, 11) is 1.91. The molecule has 0 saturated carbocycles. The van der Waals surface area contributed by atoms with Crippen molar-refractivity contribution in [3.63, 3.8) is 0 Å². The molecule has 0 aliphatic heterocycles. The Hall–Kier alpha value is -3.35. The number of nitrogens with one attached hydrogen (secondary N) is 1. The topological polar surface area (TPSA) is 88.5 Å². The van der Waals surface area contributed by atoms with Gasteiger partial charge in [-0.1, -0.05) is 23.4 Å². The largest absolute Gasteiger partial charge is 0.423 e. The van der Waals surface area contributed by atoms with Gasteiger partial charge in [0.2, 0.25) is 5.95 Å². The molecule has 0 radical (unpaired) electrons. The predicted octanol–water partition coefficient (Wildman–Crippen LogP) is 3.66. The van der Waals surface area contributed by atoms with Gasteiger partial charge in [0.05, 0.1) is 16.7 Å². The molecule has 0 aliphatic rings. The third kappa shape index (κ3) is 2.26. The summed E-state index contributed by atoms with van der Waals surface area (Å²) in [6.07, 6.45) is 0. The fraction of sp³-hybridized carbons (Fsp3) is 0.118. The van der Waals surface area contributed by atoms with E-state index < -0.39 is 0 Å². The second-order valence-corrected chi connectivity index (χ2v) is 5.50. The molecular weight excluding hydrogens is 306 g/mol. The van der Waals surface area contributed by atoms with Crippen LogP contribution in [-0.2, 0) is 7.05 Å². The molecule has 4 aromatic rings. The molecule has 0 bridgehead atoms. The Morgan fingerprint density at radius 1 is 1.17 bits per heavy atom. The van der Waals surface area contributed by atoms with Crippen LogP contribution in [0.2, 0.25) is 0 Å². The summed E-state index contributed by atoms with van der Waals surface area (Å²) in [6, 6.07) is 13.7. The van der Waals surface area contributed by atoms with Crippen molar-refractivity contribution in [2.24, 2.45) is 12.2 Å². The molecular formula is C17H15N5O2. The van der Waals surface area contributed by atoms with E-state index in [4.69, 9.17) is 9.62 Å². The molecule has 0 atom stereocenters. The molecule has 2 aromatic heterocycles. The van der Waals surface area contributed by atoms with E-state index >= 15 is 0 Å². The van der Waals surface area contributed by atoms with Gasteiger partial charge in [0, 0.05) is 12.6 Å². The Balaban J connectivity index is 1.74. The normalized spacial score (nSPS) is 12.2. The predicted molar refractivity (Wildman–Crippen MR) is 92.0 cm³/mol. The zero-order chi connectivity index (χ0) is 16.7. The Labute approximate surface area is 137 Å². The number of benzene rings is 2. The Morgan fingerprint density at radius 3 is 2.79 bits per heavy atom. The van der Waals surface area contributed by atoms with E-state index in [-0.39, 0.29) is 0 Å². The summed E-state index contributed by atoms with van der Waals surface area (Å²) in [5.74, 6) is 0.618. The summed E-state index contributed by atoms with van der Waals surface area (Å²) >= 11 is 0. The molecule has 0 spiro atoms. The Kier molecular flexibility index (Phi) is 3.19. The quantitative estimate of drug-likeness (QED) is 0.341. The van der Waals surface area contributed by atoms with Gasteiger partial charge in [0.1, 0.15) is 5.52 Å². The van der Waals surface area contributed by atoms with Gasteiger partial charge in [0.25, 0.3) is 0 Å². The lowest BCUT2D eigenvalue weighted by Crippen LogP contribution is -1.99. The number of rotatable bonds is 3. The van der Waals surface area contributed by atoms with E-state index in [9.17, 15) is 0 Å². The number of hydrogen-bond acceptors (Lipinski definition) is 6. The van der Waals surface area contributed by atoms with E-state index in [0.717, 1.165) is 27.7 Å². The van der Waals surface area contributed by atoms with Gasteiger partial charge < -0.3 is 14.2 Å². The van der Waals surface area contributed by atoms with Crippen LogP contribution in [0.1, 0.15) is 12.5 Å². The standard InChI is InChI=1S/C17H15N5O2/c1-10(21-23)11-7-8-14-13(9-11)18-16(22(14)2)20-17-19-12-5-3-4-6-15(12)24-17/h3-9,23H,1-2H3,(H,18,19,20)/b21-10+. The van der Waals surface area contributed by atoms with E-state index in [1.807, 2.05) is 54.1 Å². The summed E-state index contributed by atoms with van der Waals surface area (Å²) < 4.78 is 7.59. The van der Waals surface area contributed by atoms with Gasteiger partial charge in [0.15, 0.2) is 5.58 Å². The van der Waals surface area contributed by atoms with Crippen LogP contribution in [0.3, 0.4) is 0 Å². The second kappa shape index (κ2) is 5.38. The fourth-order valence-corrected chi connectivity index (χ4v) is 2.62. The zero-order valence-corrected chi connectivity index (χ0v) is 13.2. The lowest BCUT2D eigenvalue weighted by molar-refractivity contribution is 0.319. The smallest absolute Gasteiger partial charge is 0.302 e. The maximum atomic E-state index is 8.91. The molecule has 2 N–H and O–H groups in total. The molecule has 7 heteroatoms. The lowest BCUT2D eigenvalue weighted by atomic mass is 10.1. The molecule has 24 heavy (non-hydrogen) atoms. The molecule has 0 saturated heterocycles. The van der Waals surface area contributed by atoms with Gasteiger partial charge in [-0.15, -0.1) is 0 Å². The number of hydrogen-bond donors (Lipinski definition) is 2. The monoisotopic (exact) mass is 321 g/mol. The molecule has 0 aliphatic carbocycles. The van der Waals surface area contributed by atoms with Gasteiger partial charge >= 0.3 is 6.01 Å². The van der Waals surface area contributed by atoms with Crippen LogP contribution in [-0.4, -0.2) is 25.5 Å². The van der Waals surface area contributed by atoms with E-state index in [1.165, 1.54) is 0 Å². The highest BCUT2D eigenvalue weighted by Gasteiger charge is 2.12. The van der Waals surface area contributed by atoms with Gasteiger partial charge in [-0.2, -0.15) is 4.98 Å². The third-order valence-corrected chi connectivity index (χ3v) is 3.96. The van der Waals surface area contributed by atoms with Crippen molar-refractivity contribution in [1.82, 2.24) is 14.5 Å². The van der Waals surface area contributed by atoms with Crippen molar-refractivity contribution in [3.05, 3.63) is 48.0 Å². The summed E-state index contributed by atoms with van der Waals surface area (Å²) in [5, 5.41) is 15.2. The van der Waals surface area contributed by atoms with Crippen LogP contribution >= 0.6 is 0 Å². The number of imidazole rings is 1. The highest BCUT2D eigenvalue weighted by Crippen LogP contribution is 2.24. The van der Waals surface area contributed by atoms with E-state index in [1.54, 1.807) is 6.92 Å². The number of para-hydroxylation sites is 2. The first-order valence-electron chi connectivity index (χ1n) is 7.44. The number of oxime groups is 1. The number of anilines is 2. The number of aryl methyl sites for hydroxylation is 1. The van der Waals surface area contributed by atoms with E-state index in [2.05, 4.69) is 20.4 Å². The Morgan fingerprint density at radius 2 is 2.00 bits per heavy atom. The van der Waals surface area contributed by atoms with Crippen molar-refractivity contribution in [2.45, 2.75) is 6.92 Å². The fourth-order valence-electron chi connectivity index (χ4n) is 2.62. The molecule has 2 heterocycles. The maximum absolute atomic E-state index is 8.91. The molecule has 0 unspecified atom stereocenters. The van der Waals surface area contributed by atoms with Crippen LogP contribution in [0.15, 0.2) is 52.0 Å². The Bertz CT molecular complexity index is 1040. The molecule has 0 amide bonds. The highest BCUT2D eigenvalue weighted by atomic mass is 16.4. The summed E-state index contributed by atoms with van der Waals surface area (Å²) in [5.41, 5.74) is 4.60. The first-order valence-corrected chi connectivity index (χ1v) is 7.44. The molecule has 0 fully saturated rings. The molecule has 2 aromatic carbocycles. The number of nitrogens with zero attached hydrogens (tertiary/aromatic N) is 4. The number of fused-ring (bicyclic) bond motifs is 2. The second-order valence-electron chi connectivity index (χ2n) is 5.50. The summed E-state index contributed by atoms with van der Waals surface area (Å²) in [6.45, 7) is 1.74. The van der Waals surface area contributed by atoms with Crippen LogP contribution < -0.4 is 5.32 Å². The first-order chi connectivity index (χ1) is 11.7. The minimum atomic E-state index is 0.392. The minimum Gasteiger partial charge on any atom is -0.423 e. The lowest BCUT2D eigenvalue weighted by Gasteiger charge is -2.02. The van der Waals surface area contributed by atoms with Crippen LogP contribution in [0.4, 0.5) is 12.0 Å². The molecule has 4 rings (SSSR count). The zero-order valence-electron chi connectivity index (χ0n) is 13.2. The molecule has 120 valence electrons. The molecule has 7 nitrogen and oxygen atoms in total. The van der Waals surface area contributed by atoms with Crippen molar-refractivity contribution in [1.29, 1.82) is 0 Å². The first kappa shape index (κ1) is 14.3. The average molecular weight is 321 g/mol. The van der Waals surface area contributed by atoms with Gasteiger partial charge in [-0.3, -0.25) is 5.32 Å². The average Bonchev–Trinajstić information content (AvgIpc) is 3.15. The van der Waals surface area contributed by atoms with Crippen LogP contribution in [0.5, 0.6) is 0 Å². The maximum Gasteiger partial charge on any atom is 0.302 e. The van der Waals surface area contributed by atoms with Crippen molar-refractivity contribution < 1.29 is 9.62 Å². The number of oxazole rings is 1. The summed E-state index contributed by atoms with van der Waals surface area (Å²) in [4.78, 5) is 8.97. The van der Waals surface area contributed by atoms with Crippen LogP contribution in [0.25, 0.3) is 22.1 Å².